The van der Waals surface area contributed by atoms with E-state index in [2.05, 4.69) is 25.7 Å². The highest BCUT2D eigenvalue weighted by atomic mass is 19.1. The summed E-state index contributed by atoms with van der Waals surface area (Å²) in [5.41, 5.74) is 3.86. The molecule has 1 atom stereocenters. The number of carbonyl (C=O) groups excluding carboxylic acids is 1. The van der Waals surface area contributed by atoms with E-state index in [9.17, 15) is 9.18 Å². The number of fused-ring (bicyclic) bond motifs is 1. The molecule has 10 heteroatoms. The van der Waals surface area contributed by atoms with Gasteiger partial charge >= 0.3 is 6.01 Å². The maximum Gasteiger partial charge on any atom is 0.317 e. The molecule has 9 nitrogen and oxygen atoms in total. The Hall–Kier alpha value is -4.57. The fourth-order valence-corrected chi connectivity index (χ4v) is 4.38. The number of nitrogens with zero attached hydrogens (tertiary/aromatic N) is 4. The van der Waals surface area contributed by atoms with E-state index in [1.165, 1.54) is 6.07 Å². The van der Waals surface area contributed by atoms with Gasteiger partial charge in [0.25, 0.3) is 11.8 Å². The molecule has 3 heterocycles. The number of morpholine rings is 1. The van der Waals surface area contributed by atoms with Crippen LogP contribution < -0.4 is 15.5 Å². The Labute approximate surface area is 212 Å². The summed E-state index contributed by atoms with van der Waals surface area (Å²) < 4.78 is 26.0. The molecule has 186 valence electrons. The van der Waals surface area contributed by atoms with Crippen molar-refractivity contribution in [1.29, 1.82) is 0 Å². The van der Waals surface area contributed by atoms with Gasteiger partial charge in [-0.15, -0.1) is 5.10 Å². The number of carbonyl (C=O) groups is 1. The van der Waals surface area contributed by atoms with Crippen molar-refractivity contribution in [2.45, 2.75) is 6.17 Å². The lowest BCUT2D eigenvalue weighted by atomic mass is 10.0. The third-order valence-electron chi connectivity index (χ3n) is 6.24. The van der Waals surface area contributed by atoms with Crippen LogP contribution in [0.5, 0.6) is 0 Å². The van der Waals surface area contributed by atoms with Crippen LogP contribution in [0.2, 0.25) is 0 Å². The highest BCUT2D eigenvalue weighted by molar-refractivity contribution is 6.19. The standard InChI is InChI=1S/C27H23FN6O3/c28-21-16-18(34-12-14-36-15-13-34)10-11-19(21)26-32-33-27(37-26)31-24-25(35)29-22-9-5-4-8-20(22)23(30-24)17-6-2-1-3-7-17/h1-11,16,24H,12-15H2,(H,29,35)(H,31,33). The zero-order chi connectivity index (χ0) is 25.2. The van der Waals surface area contributed by atoms with Crippen LogP contribution in [0.25, 0.3) is 11.5 Å². The van der Waals surface area contributed by atoms with E-state index in [0.29, 0.717) is 37.7 Å². The smallest absolute Gasteiger partial charge is 0.317 e. The summed E-state index contributed by atoms with van der Waals surface area (Å²) in [4.78, 5) is 19.8. The average Bonchev–Trinajstić information content (AvgIpc) is 3.35. The number of rotatable bonds is 5. The Balaban J connectivity index is 1.27. The zero-order valence-corrected chi connectivity index (χ0v) is 19.7. The molecule has 1 fully saturated rings. The van der Waals surface area contributed by atoms with Crippen LogP contribution in [0.1, 0.15) is 11.1 Å². The number of para-hydroxylation sites is 1. The number of benzodiazepines with no additional fused rings is 1. The minimum absolute atomic E-state index is 0.00175. The van der Waals surface area contributed by atoms with Gasteiger partial charge < -0.3 is 24.7 Å². The molecular weight excluding hydrogens is 475 g/mol. The van der Waals surface area contributed by atoms with E-state index in [1.807, 2.05) is 60.7 Å². The first kappa shape index (κ1) is 22.9. The van der Waals surface area contributed by atoms with Gasteiger partial charge in [-0.25, -0.2) is 9.38 Å². The molecule has 0 bridgehead atoms. The van der Waals surface area contributed by atoms with Crippen LogP contribution in [0.15, 0.2) is 82.2 Å². The molecule has 3 aromatic carbocycles. The van der Waals surface area contributed by atoms with Gasteiger partial charge in [0.1, 0.15) is 5.82 Å². The van der Waals surface area contributed by atoms with Gasteiger partial charge in [0.05, 0.1) is 30.2 Å². The van der Waals surface area contributed by atoms with Crippen molar-refractivity contribution in [1.82, 2.24) is 10.2 Å². The maximum absolute atomic E-state index is 15.0. The van der Waals surface area contributed by atoms with Crippen molar-refractivity contribution < 1.29 is 18.3 Å². The fraction of sp³-hybridized carbons (Fsp3) is 0.185. The molecule has 37 heavy (non-hydrogen) atoms. The first-order valence-electron chi connectivity index (χ1n) is 11.9. The highest BCUT2D eigenvalue weighted by Crippen LogP contribution is 2.29. The summed E-state index contributed by atoms with van der Waals surface area (Å²) in [6, 6.07) is 21.9. The first-order chi connectivity index (χ1) is 18.2. The van der Waals surface area contributed by atoms with E-state index in [0.717, 1.165) is 16.8 Å². The predicted octanol–water partition coefficient (Wildman–Crippen LogP) is 3.94. The van der Waals surface area contributed by atoms with Crippen LogP contribution in [0.3, 0.4) is 0 Å². The molecule has 0 radical (unpaired) electrons. The summed E-state index contributed by atoms with van der Waals surface area (Å²) in [5, 5.41) is 13.8. The molecule has 2 aliphatic rings. The van der Waals surface area contributed by atoms with Crippen LogP contribution in [-0.2, 0) is 9.53 Å². The molecule has 1 amide bonds. The fourth-order valence-electron chi connectivity index (χ4n) is 4.38. The van der Waals surface area contributed by atoms with Crippen molar-refractivity contribution >= 4 is 29.0 Å². The number of ether oxygens (including phenoxy) is 1. The Kier molecular flexibility index (Phi) is 6.07. The maximum atomic E-state index is 15.0. The molecule has 6 rings (SSSR count). The summed E-state index contributed by atoms with van der Waals surface area (Å²) >= 11 is 0. The van der Waals surface area contributed by atoms with Gasteiger partial charge in [0, 0.05) is 29.9 Å². The summed E-state index contributed by atoms with van der Waals surface area (Å²) in [6.45, 7) is 2.62. The average molecular weight is 499 g/mol. The van der Waals surface area contributed by atoms with E-state index < -0.39 is 12.0 Å². The third-order valence-corrected chi connectivity index (χ3v) is 6.24. The van der Waals surface area contributed by atoms with Gasteiger partial charge in [-0.05, 0) is 24.3 Å². The number of hydrogen-bond acceptors (Lipinski definition) is 8. The van der Waals surface area contributed by atoms with Gasteiger partial charge in [0.2, 0.25) is 6.17 Å². The monoisotopic (exact) mass is 498 g/mol. The summed E-state index contributed by atoms with van der Waals surface area (Å²) in [5.74, 6) is -0.872. The molecule has 1 aromatic heterocycles. The number of aliphatic imine (C=N–C) groups is 1. The number of anilines is 3. The van der Waals surface area contributed by atoms with Crippen molar-refractivity contribution in [2.75, 3.05) is 41.8 Å². The second kappa shape index (κ2) is 9.82. The van der Waals surface area contributed by atoms with Crippen LogP contribution >= 0.6 is 0 Å². The summed E-state index contributed by atoms with van der Waals surface area (Å²) in [7, 11) is 0. The minimum atomic E-state index is -1.05. The van der Waals surface area contributed by atoms with Crippen LogP contribution in [0, 0.1) is 5.82 Å². The molecule has 2 N–H and O–H groups in total. The zero-order valence-electron chi connectivity index (χ0n) is 19.7. The van der Waals surface area contributed by atoms with Crippen molar-refractivity contribution in [3.05, 3.63) is 89.7 Å². The molecule has 0 saturated carbocycles. The topological polar surface area (TPSA) is 105 Å². The minimum Gasteiger partial charge on any atom is -0.403 e. The Bertz CT molecular complexity index is 1470. The molecule has 1 unspecified atom stereocenters. The number of hydrogen-bond donors (Lipinski definition) is 2. The Morgan fingerprint density at radius 2 is 1.73 bits per heavy atom. The van der Waals surface area contributed by atoms with Gasteiger partial charge in [-0.2, -0.15) is 0 Å². The predicted molar refractivity (Wildman–Crippen MR) is 137 cm³/mol. The van der Waals surface area contributed by atoms with Crippen molar-refractivity contribution in [2.24, 2.45) is 4.99 Å². The molecule has 2 aliphatic heterocycles. The van der Waals surface area contributed by atoms with E-state index in [4.69, 9.17) is 14.1 Å². The molecule has 1 saturated heterocycles. The lowest BCUT2D eigenvalue weighted by Gasteiger charge is -2.28. The SMILES string of the molecule is O=C1Nc2ccccc2C(c2ccccc2)=NC1Nc1nnc(-c2ccc(N3CCOCC3)cc2F)o1. The Morgan fingerprint density at radius 1 is 0.946 bits per heavy atom. The first-order valence-corrected chi connectivity index (χ1v) is 11.9. The normalized spacial score (nSPS) is 17.4. The van der Waals surface area contributed by atoms with E-state index in [-0.39, 0.29) is 23.4 Å². The molecule has 0 spiro atoms. The number of benzene rings is 3. The van der Waals surface area contributed by atoms with E-state index in [1.54, 1.807) is 6.07 Å². The second-order valence-corrected chi connectivity index (χ2v) is 8.60. The van der Waals surface area contributed by atoms with Gasteiger partial charge in [-0.1, -0.05) is 53.6 Å². The number of aromatic nitrogens is 2. The lowest BCUT2D eigenvalue weighted by molar-refractivity contribution is -0.116. The van der Waals surface area contributed by atoms with Crippen molar-refractivity contribution in [3.8, 4) is 11.5 Å². The molecule has 4 aromatic rings. The number of halogens is 1. The van der Waals surface area contributed by atoms with Crippen LogP contribution in [-0.4, -0.2) is 54.3 Å². The quantitative estimate of drug-likeness (QED) is 0.429. The largest absolute Gasteiger partial charge is 0.403 e. The molecular formula is C27H23FN6O3. The molecule has 0 aliphatic carbocycles. The van der Waals surface area contributed by atoms with Gasteiger partial charge in [0.15, 0.2) is 0 Å². The second-order valence-electron chi connectivity index (χ2n) is 8.60. The lowest BCUT2D eigenvalue weighted by Crippen LogP contribution is -2.36. The highest BCUT2D eigenvalue weighted by Gasteiger charge is 2.27. The van der Waals surface area contributed by atoms with Gasteiger partial charge in [-0.3, -0.25) is 4.79 Å². The Morgan fingerprint density at radius 3 is 2.54 bits per heavy atom. The number of amides is 1. The van der Waals surface area contributed by atoms with Crippen LogP contribution in [0.4, 0.5) is 21.8 Å². The van der Waals surface area contributed by atoms with E-state index >= 15 is 0 Å². The number of nitrogens with one attached hydrogen (secondary N) is 2. The summed E-state index contributed by atoms with van der Waals surface area (Å²) in [6.07, 6.45) is -1.05. The third kappa shape index (κ3) is 4.66. The van der Waals surface area contributed by atoms with Crippen molar-refractivity contribution in [3.63, 3.8) is 0 Å².